The summed E-state index contributed by atoms with van der Waals surface area (Å²) in [6, 6.07) is 4.49. The van der Waals surface area contributed by atoms with Crippen LogP contribution in [0.25, 0.3) is 10.9 Å². The number of benzene rings is 1. The number of H-pyrrole nitrogens is 1. The maximum absolute atomic E-state index is 14.1. The first-order chi connectivity index (χ1) is 17.8. The van der Waals surface area contributed by atoms with Gasteiger partial charge in [0.15, 0.2) is 0 Å². The molecule has 2 aromatic rings. The zero-order valence-electron chi connectivity index (χ0n) is 22.3. The molecular weight excluding hydrogens is 473 g/mol. The third-order valence-corrected chi connectivity index (χ3v) is 9.05. The molecule has 3 N–H and O–H groups in total. The topological polar surface area (TPSA) is 89.7 Å². The predicted octanol–water partition coefficient (Wildman–Crippen LogP) is 2.75. The van der Waals surface area contributed by atoms with Crippen LogP contribution < -0.4 is 10.6 Å². The summed E-state index contributed by atoms with van der Waals surface area (Å²) in [5.74, 6) is -0.488. The Labute approximate surface area is 218 Å². The molecule has 2 aliphatic heterocycles. The minimum absolute atomic E-state index is 0.0117. The van der Waals surface area contributed by atoms with Crippen molar-refractivity contribution in [3.8, 4) is 0 Å². The van der Waals surface area contributed by atoms with Gasteiger partial charge in [0.05, 0.1) is 18.2 Å². The third-order valence-electron chi connectivity index (χ3n) is 9.05. The standard InChI is InChI=1S/C28H40FN5O3/c1-16(30-3)27(35)32-25(17(2)37-4)28(36)33-12-11-24-26(33)22(15-34(24)19-7-5-6-8-19)21-14-31-23-13-18(29)9-10-20(21)23/h9-10,13-14,16-17,19,22,24-26,30-31H,5-8,11-12,15H2,1-4H3,(H,32,35). The molecule has 37 heavy (non-hydrogen) atoms. The van der Waals surface area contributed by atoms with Gasteiger partial charge in [-0.3, -0.25) is 14.5 Å². The summed E-state index contributed by atoms with van der Waals surface area (Å²) in [7, 11) is 3.29. The lowest BCUT2D eigenvalue weighted by Crippen LogP contribution is -2.58. The second kappa shape index (κ2) is 10.7. The lowest BCUT2D eigenvalue weighted by molar-refractivity contribution is -0.141. The van der Waals surface area contributed by atoms with Crippen molar-refractivity contribution in [1.29, 1.82) is 0 Å². The fourth-order valence-electron chi connectivity index (χ4n) is 6.84. The van der Waals surface area contributed by atoms with Crippen LogP contribution in [0.2, 0.25) is 0 Å². The Hall–Kier alpha value is -2.49. The molecule has 3 heterocycles. The van der Waals surface area contributed by atoms with Crippen LogP contribution >= 0.6 is 0 Å². The average molecular weight is 514 g/mol. The van der Waals surface area contributed by atoms with Gasteiger partial charge in [-0.05, 0) is 63.9 Å². The summed E-state index contributed by atoms with van der Waals surface area (Å²) in [6.45, 7) is 5.12. The number of carbonyl (C=O) groups excluding carboxylic acids is 2. The molecule has 0 radical (unpaired) electrons. The molecule has 6 unspecified atom stereocenters. The smallest absolute Gasteiger partial charge is 0.248 e. The van der Waals surface area contributed by atoms with Gasteiger partial charge in [-0.15, -0.1) is 0 Å². The van der Waals surface area contributed by atoms with E-state index in [0.29, 0.717) is 12.6 Å². The molecule has 9 heteroatoms. The first-order valence-electron chi connectivity index (χ1n) is 13.7. The number of rotatable bonds is 8. The molecule has 2 amide bonds. The van der Waals surface area contributed by atoms with Crippen LogP contribution in [0.1, 0.15) is 57.4 Å². The van der Waals surface area contributed by atoms with Crippen LogP contribution in [0.5, 0.6) is 0 Å². The summed E-state index contributed by atoms with van der Waals surface area (Å²) >= 11 is 0. The van der Waals surface area contributed by atoms with E-state index in [-0.39, 0.29) is 35.6 Å². The molecule has 2 saturated heterocycles. The number of ether oxygens (including phenoxy) is 1. The van der Waals surface area contributed by atoms with E-state index in [1.807, 2.05) is 24.1 Å². The van der Waals surface area contributed by atoms with Gasteiger partial charge < -0.3 is 25.3 Å². The van der Waals surface area contributed by atoms with Gasteiger partial charge in [0.25, 0.3) is 0 Å². The number of methoxy groups -OCH3 is 1. The van der Waals surface area contributed by atoms with Crippen LogP contribution in [0, 0.1) is 5.82 Å². The number of likely N-dealkylation sites (N-methyl/N-ethyl adjacent to an activating group) is 1. The van der Waals surface area contributed by atoms with Crippen LogP contribution in [0.4, 0.5) is 4.39 Å². The van der Waals surface area contributed by atoms with Crippen molar-refractivity contribution in [2.75, 3.05) is 27.2 Å². The fourth-order valence-corrected chi connectivity index (χ4v) is 6.84. The molecule has 1 aromatic carbocycles. The molecule has 202 valence electrons. The molecule has 0 bridgehead atoms. The van der Waals surface area contributed by atoms with Gasteiger partial charge >= 0.3 is 0 Å². The van der Waals surface area contributed by atoms with E-state index in [2.05, 4.69) is 20.5 Å². The number of amides is 2. The Morgan fingerprint density at radius 1 is 1.19 bits per heavy atom. The normalized spacial score (nSPS) is 26.9. The van der Waals surface area contributed by atoms with Crippen molar-refractivity contribution in [3.05, 3.63) is 35.8 Å². The van der Waals surface area contributed by atoms with Gasteiger partial charge in [0, 0.05) is 55.3 Å². The third kappa shape index (κ3) is 4.77. The van der Waals surface area contributed by atoms with Crippen LogP contribution in [0.3, 0.4) is 0 Å². The van der Waals surface area contributed by atoms with Crippen molar-refractivity contribution in [2.45, 2.75) is 88.2 Å². The largest absolute Gasteiger partial charge is 0.379 e. The van der Waals surface area contributed by atoms with Crippen molar-refractivity contribution in [1.82, 2.24) is 25.4 Å². The number of hydrogen-bond acceptors (Lipinski definition) is 5. The van der Waals surface area contributed by atoms with E-state index < -0.39 is 18.2 Å². The summed E-state index contributed by atoms with van der Waals surface area (Å²) in [4.78, 5) is 34.8. The van der Waals surface area contributed by atoms with Crippen molar-refractivity contribution in [2.24, 2.45) is 0 Å². The molecule has 3 aliphatic rings. The zero-order chi connectivity index (χ0) is 26.3. The minimum Gasteiger partial charge on any atom is -0.379 e. The number of halogens is 1. The van der Waals surface area contributed by atoms with Crippen LogP contribution in [-0.2, 0) is 14.3 Å². The highest BCUT2D eigenvalue weighted by molar-refractivity contribution is 5.91. The SMILES string of the molecule is CNC(C)C(=O)NC(C(=O)N1CCC2C1C(c1c[nH]c3cc(F)ccc13)CN2C1CCCC1)C(C)OC. The second-order valence-electron chi connectivity index (χ2n) is 11.0. The summed E-state index contributed by atoms with van der Waals surface area (Å²) in [6.07, 6.45) is 7.34. The second-order valence-corrected chi connectivity index (χ2v) is 11.0. The van der Waals surface area contributed by atoms with Gasteiger partial charge in [-0.2, -0.15) is 0 Å². The summed E-state index contributed by atoms with van der Waals surface area (Å²) in [5.41, 5.74) is 1.91. The van der Waals surface area contributed by atoms with Crippen molar-refractivity contribution in [3.63, 3.8) is 0 Å². The number of nitrogens with one attached hydrogen (secondary N) is 3. The highest BCUT2D eigenvalue weighted by Crippen LogP contribution is 2.46. The van der Waals surface area contributed by atoms with E-state index in [4.69, 9.17) is 4.74 Å². The molecule has 1 saturated carbocycles. The first-order valence-corrected chi connectivity index (χ1v) is 13.7. The van der Waals surface area contributed by atoms with E-state index >= 15 is 0 Å². The van der Waals surface area contributed by atoms with E-state index in [1.54, 1.807) is 21.1 Å². The Morgan fingerprint density at radius 3 is 2.65 bits per heavy atom. The minimum atomic E-state index is -0.773. The number of likely N-dealkylation sites (tertiary alicyclic amines) is 2. The number of aromatic amines is 1. The molecule has 3 fully saturated rings. The van der Waals surface area contributed by atoms with Gasteiger partial charge in [0.2, 0.25) is 11.8 Å². The zero-order valence-corrected chi connectivity index (χ0v) is 22.3. The maximum Gasteiger partial charge on any atom is 0.248 e. The van der Waals surface area contributed by atoms with Gasteiger partial charge in [-0.25, -0.2) is 4.39 Å². The quantitative estimate of drug-likeness (QED) is 0.505. The Kier molecular flexibility index (Phi) is 7.56. The van der Waals surface area contributed by atoms with Crippen LogP contribution in [0.15, 0.2) is 24.4 Å². The molecule has 1 aliphatic carbocycles. The molecule has 8 nitrogen and oxygen atoms in total. The summed E-state index contributed by atoms with van der Waals surface area (Å²) in [5, 5.41) is 6.90. The Morgan fingerprint density at radius 2 is 1.95 bits per heavy atom. The van der Waals surface area contributed by atoms with Crippen molar-refractivity contribution >= 4 is 22.7 Å². The van der Waals surface area contributed by atoms with E-state index in [1.165, 1.54) is 37.8 Å². The predicted molar refractivity (Wildman–Crippen MR) is 141 cm³/mol. The van der Waals surface area contributed by atoms with Gasteiger partial charge in [0.1, 0.15) is 11.9 Å². The number of aromatic nitrogens is 1. The number of hydrogen-bond donors (Lipinski definition) is 3. The maximum atomic E-state index is 14.1. The highest BCUT2D eigenvalue weighted by Gasteiger charge is 2.53. The average Bonchev–Trinajstić information content (AvgIpc) is 3.69. The molecule has 5 rings (SSSR count). The Balaban J connectivity index is 1.48. The lowest BCUT2D eigenvalue weighted by Gasteiger charge is -2.34. The molecule has 0 spiro atoms. The monoisotopic (exact) mass is 513 g/mol. The van der Waals surface area contributed by atoms with Gasteiger partial charge in [-0.1, -0.05) is 12.8 Å². The lowest BCUT2D eigenvalue weighted by atomic mass is 9.91. The van der Waals surface area contributed by atoms with E-state index in [9.17, 15) is 14.0 Å². The number of nitrogens with zero attached hydrogens (tertiary/aromatic N) is 2. The first kappa shape index (κ1) is 26.1. The Bertz CT molecular complexity index is 1130. The number of fused-ring (bicyclic) bond motifs is 2. The highest BCUT2D eigenvalue weighted by atomic mass is 19.1. The van der Waals surface area contributed by atoms with E-state index in [0.717, 1.165) is 29.4 Å². The molecule has 6 atom stereocenters. The molecular formula is C28H40FN5O3. The number of carbonyl (C=O) groups is 2. The fraction of sp³-hybridized carbons (Fsp3) is 0.643. The summed E-state index contributed by atoms with van der Waals surface area (Å²) < 4.78 is 19.5. The van der Waals surface area contributed by atoms with Crippen molar-refractivity contribution < 1.29 is 18.7 Å². The van der Waals surface area contributed by atoms with Crippen LogP contribution in [-0.4, -0.2) is 90.2 Å². The molecule has 1 aromatic heterocycles.